The van der Waals surface area contributed by atoms with Gasteiger partial charge in [0.1, 0.15) is 0 Å². The maximum atomic E-state index is 12.2. The van der Waals surface area contributed by atoms with Gasteiger partial charge in [-0.15, -0.1) is 0 Å². The first-order chi connectivity index (χ1) is 9.49. The molecule has 1 aliphatic rings. The van der Waals surface area contributed by atoms with Crippen molar-refractivity contribution in [2.75, 3.05) is 11.9 Å². The molecule has 20 heavy (non-hydrogen) atoms. The molecule has 108 valence electrons. The molecule has 2 atom stereocenters. The minimum absolute atomic E-state index is 0.0462. The number of nitrogens with one attached hydrogen (secondary N) is 1. The molecule has 0 saturated heterocycles. The summed E-state index contributed by atoms with van der Waals surface area (Å²) in [6, 6.07) is 7.44. The van der Waals surface area contributed by atoms with Crippen molar-refractivity contribution in [1.29, 1.82) is 0 Å². The van der Waals surface area contributed by atoms with Crippen molar-refractivity contribution in [3.05, 3.63) is 29.8 Å². The van der Waals surface area contributed by atoms with Gasteiger partial charge in [-0.2, -0.15) is 0 Å². The predicted molar refractivity (Wildman–Crippen MR) is 76.9 cm³/mol. The van der Waals surface area contributed by atoms with E-state index in [-0.39, 0.29) is 18.0 Å². The van der Waals surface area contributed by atoms with Gasteiger partial charge in [-0.3, -0.25) is 9.69 Å². The number of rotatable bonds is 3. The van der Waals surface area contributed by atoms with Crippen LogP contribution in [0.1, 0.15) is 24.8 Å². The van der Waals surface area contributed by atoms with Gasteiger partial charge in [0.25, 0.3) is 0 Å². The third-order valence-electron chi connectivity index (χ3n) is 3.89. The van der Waals surface area contributed by atoms with Crippen LogP contribution in [0.2, 0.25) is 0 Å². The van der Waals surface area contributed by atoms with E-state index < -0.39 is 5.97 Å². The minimum atomic E-state index is -0.769. The van der Waals surface area contributed by atoms with Crippen LogP contribution < -0.4 is 10.2 Å². The summed E-state index contributed by atoms with van der Waals surface area (Å²) in [6.07, 6.45) is 1.88. The van der Waals surface area contributed by atoms with Crippen LogP contribution in [0.15, 0.2) is 24.3 Å². The number of carbonyl (C=O) groups excluding carboxylic acids is 1. The zero-order chi connectivity index (χ0) is 14.7. The standard InChI is InChI=1S/C15H20N2O3/c1-10-5-3-4-6-13(10)17(2)15(20)16-12-8-7-11(9-12)14(18)19/h3-6,11-12H,7-9H2,1-2H3,(H,16,20)(H,18,19). The van der Waals surface area contributed by atoms with E-state index in [1.165, 1.54) is 0 Å². The maximum absolute atomic E-state index is 12.2. The number of amides is 2. The van der Waals surface area contributed by atoms with Crippen LogP contribution >= 0.6 is 0 Å². The Bertz CT molecular complexity index is 516. The number of para-hydroxylation sites is 1. The highest BCUT2D eigenvalue weighted by atomic mass is 16.4. The van der Waals surface area contributed by atoms with E-state index in [9.17, 15) is 9.59 Å². The first-order valence-electron chi connectivity index (χ1n) is 6.81. The van der Waals surface area contributed by atoms with Gasteiger partial charge in [-0.05, 0) is 37.8 Å². The lowest BCUT2D eigenvalue weighted by molar-refractivity contribution is -0.141. The summed E-state index contributed by atoms with van der Waals surface area (Å²) in [6.45, 7) is 1.95. The van der Waals surface area contributed by atoms with Crippen molar-refractivity contribution >= 4 is 17.7 Å². The van der Waals surface area contributed by atoms with E-state index in [0.29, 0.717) is 12.8 Å². The van der Waals surface area contributed by atoms with E-state index in [2.05, 4.69) is 5.32 Å². The average Bonchev–Trinajstić information content (AvgIpc) is 2.87. The normalized spacial score (nSPS) is 21.5. The molecule has 5 nitrogen and oxygen atoms in total. The molecule has 1 saturated carbocycles. The SMILES string of the molecule is Cc1ccccc1N(C)C(=O)NC1CCC(C(=O)O)C1. The molecule has 2 N–H and O–H groups in total. The Hall–Kier alpha value is -2.04. The number of hydrogen-bond acceptors (Lipinski definition) is 2. The molecule has 0 heterocycles. The molecule has 2 rings (SSSR count). The molecule has 1 fully saturated rings. The van der Waals surface area contributed by atoms with E-state index >= 15 is 0 Å². The first-order valence-corrected chi connectivity index (χ1v) is 6.81. The molecule has 0 aromatic heterocycles. The molecule has 1 aromatic carbocycles. The van der Waals surface area contributed by atoms with Gasteiger partial charge in [0, 0.05) is 18.8 Å². The lowest BCUT2D eigenvalue weighted by Crippen LogP contribution is -2.42. The second kappa shape index (κ2) is 5.94. The van der Waals surface area contributed by atoms with Gasteiger partial charge in [0.05, 0.1) is 5.92 Å². The fraction of sp³-hybridized carbons (Fsp3) is 0.467. The monoisotopic (exact) mass is 276 g/mol. The Morgan fingerprint density at radius 1 is 1.30 bits per heavy atom. The van der Waals surface area contributed by atoms with Crippen molar-refractivity contribution in [3.8, 4) is 0 Å². The second-order valence-corrected chi connectivity index (χ2v) is 5.34. The van der Waals surface area contributed by atoms with Crippen LogP contribution in [0.3, 0.4) is 0 Å². The predicted octanol–water partition coefficient (Wildman–Crippen LogP) is 2.39. The molecule has 0 aliphatic heterocycles. The summed E-state index contributed by atoms with van der Waals surface area (Å²) < 4.78 is 0. The highest BCUT2D eigenvalue weighted by Gasteiger charge is 2.31. The van der Waals surface area contributed by atoms with E-state index in [1.54, 1.807) is 11.9 Å². The van der Waals surface area contributed by atoms with Crippen LogP contribution in [-0.4, -0.2) is 30.2 Å². The average molecular weight is 276 g/mol. The fourth-order valence-electron chi connectivity index (χ4n) is 2.66. The summed E-state index contributed by atoms with van der Waals surface area (Å²) in [5, 5.41) is 11.9. The van der Waals surface area contributed by atoms with Crippen LogP contribution in [0.4, 0.5) is 10.5 Å². The van der Waals surface area contributed by atoms with Crippen molar-refractivity contribution in [1.82, 2.24) is 5.32 Å². The largest absolute Gasteiger partial charge is 0.481 e. The van der Waals surface area contributed by atoms with Gasteiger partial charge in [-0.25, -0.2) is 4.79 Å². The number of carboxylic acids is 1. The summed E-state index contributed by atoms with van der Waals surface area (Å²) in [4.78, 5) is 24.7. The number of carboxylic acid groups (broad SMARTS) is 1. The zero-order valence-corrected chi connectivity index (χ0v) is 11.8. The Balaban J connectivity index is 1.96. The zero-order valence-electron chi connectivity index (χ0n) is 11.8. The topological polar surface area (TPSA) is 69.6 Å². The number of carbonyl (C=O) groups is 2. The molecule has 1 aliphatic carbocycles. The van der Waals surface area contributed by atoms with Crippen molar-refractivity contribution in [3.63, 3.8) is 0 Å². The summed E-state index contributed by atoms with van der Waals surface area (Å²) >= 11 is 0. The van der Waals surface area contributed by atoms with Gasteiger partial charge in [-0.1, -0.05) is 18.2 Å². The number of aryl methyl sites for hydroxylation is 1. The van der Waals surface area contributed by atoms with Gasteiger partial charge >= 0.3 is 12.0 Å². The Morgan fingerprint density at radius 3 is 2.60 bits per heavy atom. The third-order valence-corrected chi connectivity index (χ3v) is 3.89. The minimum Gasteiger partial charge on any atom is -0.481 e. The fourth-order valence-corrected chi connectivity index (χ4v) is 2.66. The Morgan fingerprint density at radius 2 is 2.00 bits per heavy atom. The van der Waals surface area contributed by atoms with Gasteiger partial charge < -0.3 is 10.4 Å². The third kappa shape index (κ3) is 3.10. The molecular weight excluding hydrogens is 256 g/mol. The van der Waals surface area contributed by atoms with Crippen molar-refractivity contribution < 1.29 is 14.7 Å². The quantitative estimate of drug-likeness (QED) is 0.890. The van der Waals surface area contributed by atoms with E-state index in [4.69, 9.17) is 5.11 Å². The molecule has 2 amide bonds. The van der Waals surface area contributed by atoms with Crippen LogP contribution in [0.5, 0.6) is 0 Å². The number of anilines is 1. The van der Waals surface area contributed by atoms with Crippen molar-refractivity contribution in [2.24, 2.45) is 5.92 Å². The number of urea groups is 1. The van der Waals surface area contributed by atoms with Crippen LogP contribution in [0.25, 0.3) is 0 Å². The van der Waals surface area contributed by atoms with Gasteiger partial charge in [0.15, 0.2) is 0 Å². The summed E-state index contributed by atoms with van der Waals surface area (Å²) in [5.41, 5.74) is 1.89. The molecule has 2 unspecified atom stereocenters. The lowest BCUT2D eigenvalue weighted by Gasteiger charge is -2.22. The second-order valence-electron chi connectivity index (χ2n) is 5.34. The lowest BCUT2D eigenvalue weighted by atomic mass is 10.1. The molecule has 5 heteroatoms. The van der Waals surface area contributed by atoms with Crippen LogP contribution in [0, 0.1) is 12.8 Å². The maximum Gasteiger partial charge on any atom is 0.321 e. The molecule has 1 aromatic rings. The molecular formula is C15H20N2O3. The van der Waals surface area contributed by atoms with Crippen molar-refractivity contribution in [2.45, 2.75) is 32.2 Å². The number of aliphatic carboxylic acids is 1. The molecule has 0 bridgehead atoms. The number of nitrogens with zero attached hydrogens (tertiary/aromatic N) is 1. The first kappa shape index (κ1) is 14.4. The van der Waals surface area contributed by atoms with Crippen LogP contribution in [-0.2, 0) is 4.79 Å². The van der Waals surface area contributed by atoms with E-state index in [1.807, 2.05) is 31.2 Å². The van der Waals surface area contributed by atoms with Gasteiger partial charge in [0.2, 0.25) is 0 Å². The Kier molecular flexibility index (Phi) is 4.27. The highest BCUT2D eigenvalue weighted by Crippen LogP contribution is 2.26. The van der Waals surface area contributed by atoms with E-state index in [0.717, 1.165) is 17.7 Å². The number of hydrogen-bond donors (Lipinski definition) is 2. The number of benzene rings is 1. The summed E-state index contributed by atoms with van der Waals surface area (Å²) in [5.74, 6) is -1.10. The molecule has 0 radical (unpaired) electrons. The smallest absolute Gasteiger partial charge is 0.321 e. The summed E-state index contributed by atoms with van der Waals surface area (Å²) in [7, 11) is 1.72. The molecule has 0 spiro atoms. The highest BCUT2D eigenvalue weighted by molar-refractivity contribution is 5.92. The Labute approximate surface area is 118 Å².